The number of hydrogen-bond donors (Lipinski definition) is 2. The zero-order valence-corrected chi connectivity index (χ0v) is 20.3. The normalized spacial score (nSPS) is 19.9. The van der Waals surface area contributed by atoms with Gasteiger partial charge in [0.2, 0.25) is 0 Å². The van der Waals surface area contributed by atoms with E-state index in [1.54, 1.807) is 12.3 Å². The summed E-state index contributed by atoms with van der Waals surface area (Å²) in [5, 5.41) is 7.83. The first-order chi connectivity index (χ1) is 16.7. The minimum absolute atomic E-state index is 0.00740. The Bertz CT molecular complexity index is 1260. The molecule has 184 valence electrons. The summed E-state index contributed by atoms with van der Waals surface area (Å²) >= 11 is 0. The van der Waals surface area contributed by atoms with Crippen LogP contribution < -0.4 is 15.8 Å². The molecule has 1 saturated heterocycles. The molecule has 0 aliphatic carbocycles. The van der Waals surface area contributed by atoms with E-state index in [9.17, 15) is 9.18 Å². The number of nitrogen functional groups attached to an aromatic ring is 1. The largest absolute Gasteiger partial charge is 0.482 e. The summed E-state index contributed by atoms with van der Waals surface area (Å²) in [6.07, 6.45) is 3.18. The number of hydrogen-bond acceptors (Lipinski definition) is 5. The molecule has 1 aromatic carbocycles. The first kappa shape index (κ1) is 23.1. The number of nitrogens with zero attached hydrogens (tertiary/aromatic N) is 4. The van der Waals surface area contributed by atoms with Gasteiger partial charge in [0.15, 0.2) is 11.6 Å². The summed E-state index contributed by atoms with van der Waals surface area (Å²) < 4.78 is 21.7. The van der Waals surface area contributed by atoms with Crippen LogP contribution in [0.4, 0.5) is 15.0 Å². The van der Waals surface area contributed by atoms with Gasteiger partial charge in [0, 0.05) is 48.5 Å². The molecular formula is C26H31FN6O2. The summed E-state index contributed by atoms with van der Waals surface area (Å²) in [4.78, 5) is 18.8. The molecular weight excluding hydrogens is 447 g/mol. The Balaban J connectivity index is 1.37. The van der Waals surface area contributed by atoms with Crippen LogP contribution in [0.3, 0.4) is 0 Å². The van der Waals surface area contributed by atoms with Crippen molar-refractivity contribution in [3.63, 3.8) is 0 Å². The lowest BCUT2D eigenvalue weighted by atomic mass is 9.82. The van der Waals surface area contributed by atoms with Gasteiger partial charge in [-0.25, -0.2) is 14.2 Å². The molecule has 0 bridgehead atoms. The van der Waals surface area contributed by atoms with Crippen molar-refractivity contribution in [1.29, 1.82) is 0 Å². The van der Waals surface area contributed by atoms with E-state index < -0.39 is 6.10 Å². The number of ether oxygens (including phenoxy) is 1. The van der Waals surface area contributed by atoms with Gasteiger partial charge in [-0.1, -0.05) is 12.1 Å². The highest BCUT2D eigenvalue weighted by Crippen LogP contribution is 2.44. The number of nitrogens with one attached hydrogen (secondary N) is 1. The highest BCUT2D eigenvalue weighted by atomic mass is 19.1. The van der Waals surface area contributed by atoms with Gasteiger partial charge in [0.1, 0.15) is 11.9 Å². The van der Waals surface area contributed by atoms with Gasteiger partial charge in [-0.15, -0.1) is 0 Å². The molecule has 2 amide bonds. The summed E-state index contributed by atoms with van der Waals surface area (Å²) in [5.41, 5.74) is 9.47. The second-order valence-electron chi connectivity index (χ2n) is 9.87. The number of pyridine rings is 1. The Morgan fingerprint density at radius 3 is 2.77 bits per heavy atom. The van der Waals surface area contributed by atoms with E-state index in [4.69, 9.17) is 15.6 Å². The van der Waals surface area contributed by atoms with E-state index >= 15 is 0 Å². The van der Waals surface area contributed by atoms with Crippen molar-refractivity contribution in [2.24, 2.45) is 0 Å². The van der Waals surface area contributed by atoms with Crippen molar-refractivity contribution < 1.29 is 13.9 Å². The van der Waals surface area contributed by atoms with Crippen molar-refractivity contribution in [3.8, 4) is 17.0 Å². The van der Waals surface area contributed by atoms with Crippen molar-refractivity contribution in [2.75, 3.05) is 18.8 Å². The maximum Gasteiger partial charge on any atom is 0.317 e. The van der Waals surface area contributed by atoms with Gasteiger partial charge in [0.25, 0.3) is 0 Å². The van der Waals surface area contributed by atoms with Crippen LogP contribution in [0.1, 0.15) is 51.0 Å². The zero-order valence-electron chi connectivity index (χ0n) is 20.3. The lowest BCUT2D eigenvalue weighted by molar-refractivity contribution is 0.203. The Morgan fingerprint density at radius 1 is 1.20 bits per heavy atom. The number of nitrogens with two attached hydrogens (primary N) is 1. The van der Waals surface area contributed by atoms with E-state index in [2.05, 4.69) is 16.4 Å². The van der Waals surface area contributed by atoms with Crippen LogP contribution in [0.15, 0.2) is 42.6 Å². The van der Waals surface area contributed by atoms with Crippen LogP contribution in [-0.4, -0.2) is 44.8 Å². The van der Waals surface area contributed by atoms with Crippen molar-refractivity contribution in [1.82, 2.24) is 25.0 Å². The molecule has 1 spiro atoms. The number of halogens is 1. The van der Waals surface area contributed by atoms with Crippen molar-refractivity contribution >= 4 is 11.8 Å². The number of carbonyl (C=O) groups excluding carboxylic acids is 1. The number of fused-ring (bicyclic) bond motifs is 2. The summed E-state index contributed by atoms with van der Waals surface area (Å²) in [6, 6.07) is 10.4. The van der Waals surface area contributed by atoms with Gasteiger partial charge in [-0.2, -0.15) is 5.10 Å². The number of carbonyl (C=O) groups is 1. The molecule has 9 heteroatoms. The van der Waals surface area contributed by atoms with Gasteiger partial charge in [-0.3, -0.25) is 4.68 Å². The number of urea groups is 1. The Kier molecular flexibility index (Phi) is 5.86. The summed E-state index contributed by atoms with van der Waals surface area (Å²) in [6.45, 7) is 8.03. The van der Waals surface area contributed by atoms with E-state index in [0.717, 1.165) is 42.9 Å². The highest BCUT2D eigenvalue weighted by molar-refractivity contribution is 5.75. The Hall–Kier alpha value is -3.62. The average molecular weight is 479 g/mol. The predicted octanol–water partition coefficient (Wildman–Crippen LogP) is 4.27. The summed E-state index contributed by atoms with van der Waals surface area (Å²) in [7, 11) is 0. The third-order valence-electron chi connectivity index (χ3n) is 6.98. The highest BCUT2D eigenvalue weighted by Gasteiger charge is 2.47. The quantitative estimate of drug-likeness (QED) is 0.571. The van der Waals surface area contributed by atoms with Crippen molar-refractivity contribution in [2.45, 2.75) is 57.7 Å². The molecule has 2 aromatic heterocycles. The number of likely N-dealkylation sites (tertiary alicyclic amines) is 1. The molecule has 0 radical (unpaired) electrons. The molecule has 0 saturated carbocycles. The topological polar surface area (TPSA) is 98.3 Å². The summed E-state index contributed by atoms with van der Waals surface area (Å²) in [5.74, 6) is 0.383. The lowest BCUT2D eigenvalue weighted by Crippen LogP contribution is -2.43. The van der Waals surface area contributed by atoms with E-state index in [0.29, 0.717) is 17.9 Å². The fourth-order valence-electron chi connectivity index (χ4n) is 5.11. The van der Waals surface area contributed by atoms with Gasteiger partial charge in [-0.05, 0) is 63.4 Å². The van der Waals surface area contributed by atoms with Crippen LogP contribution in [0.2, 0.25) is 0 Å². The number of aromatic nitrogens is 3. The first-order valence-corrected chi connectivity index (χ1v) is 12.1. The second-order valence-corrected chi connectivity index (χ2v) is 9.87. The zero-order chi connectivity index (χ0) is 24.7. The van der Waals surface area contributed by atoms with Crippen LogP contribution in [0.25, 0.3) is 11.3 Å². The average Bonchev–Trinajstić information content (AvgIpc) is 3.52. The molecule has 4 heterocycles. The molecule has 3 aromatic rings. The second kappa shape index (κ2) is 8.87. The predicted molar refractivity (Wildman–Crippen MR) is 131 cm³/mol. The number of benzene rings is 1. The smallest absolute Gasteiger partial charge is 0.317 e. The molecule has 1 fully saturated rings. The number of aryl methyl sites for hydroxylation is 1. The monoisotopic (exact) mass is 478 g/mol. The fraction of sp³-hybridized carbons (Fsp3) is 0.423. The molecule has 2 aliphatic heterocycles. The van der Waals surface area contributed by atoms with Crippen LogP contribution >= 0.6 is 0 Å². The Labute approximate surface area is 204 Å². The van der Waals surface area contributed by atoms with Gasteiger partial charge in [0.05, 0.1) is 5.69 Å². The first-order valence-electron chi connectivity index (χ1n) is 12.1. The SMILES string of the molecule is CC(C)NC(=O)N1CC[C@@]2(CCn3nc(-c4cnc(N)c(O[C@H](C)c5cccc(F)c5)c4)cc32)C1. The van der Waals surface area contributed by atoms with Crippen molar-refractivity contribution in [3.05, 3.63) is 59.7 Å². The standard InChI is InChI=1S/C26H31FN6O2/c1-16(2)30-25(34)32-9-7-26(15-32)8-10-33-23(26)13-21(31-33)19-12-22(24(28)29-14-19)35-17(3)18-5-4-6-20(27)11-18/h4-6,11-14,16-17H,7-10,15H2,1-3H3,(H2,28,29)(H,30,34)/t17-,26-/m1/s1. The molecule has 2 atom stereocenters. The fourth-order valence-corrected chi connectivity index (χ4v) is 5.11. The third kappa shape index (κ3) is 4.42. The van der Waals surface area contributed by atoms with E-state index in [1.807, 2.05) is 42.5 Å². The van der Waals surface area contributed by atoms with E-state index in [-0.39, 0.29) is 29.1 Å². The molecule has 2 aliphatic rings. The molecule has 3 N–H and O–H groups in total. The van der Waals surface area contributed by atoms with Gasteiger partial charge >= 0.3 is 6.03 Å². The number of rotatable bonds is 5. The maximum atomic E-state index is 13.6. The molecule has 35 heavy (non-hydrogen) atoms. The maximum absolute atomic E-state index is 13.6. The van der Waals surface area contributed by atoms with Gasteiger partial charge < -0.3 is 20.7 Å². The minimum atomic E-state index is -0.401. The minimum Gasteiger partial charge on any atom is -0.482 e. The van der Waals surface area contributed by atoms with Crippen LogP contribution in [0.5, 0.6) is 5.75 Å². The van der Waals surface area contributed by atoms with Crippen LogP contribution in [0, 0.1) is 5.82 Å². The Morgan fingerprint density at radius 2 is 2.00 bits per heavy atom. The number of anilines is 1. The molecule has 5 rings (SSSR count). The lowest BCUT2D eigenvalue weighted by Gasteiger charge is -2.24. The third-order valence-corrected chi connectivity index (χ3v) is 6.98. The molecule has 0 unspecified atom stereocenters. The molecule has 8 nitrogen and oxygen atoms in total. The van der Waals surface area contributed by atoms with E-state index in [1.165, 1.54) is 12.1 Å². The number of amides is 2. The van der Waals surface area contributed by atoms with Crippen LogP contribution in [-0.2, 0) is 12.0 Å².